The lowest BCUT2D eigenvalue weighted by atomic mass is 10.4. The van der Waals surface area contributed by atoms with E-state index in [0.29, 0.717) is 10.2 Å². The van der Waals surface area contributed by atoms with Crippen molar-refractivity contribution in [2.24, 2.45) is 0 Å². The first-order valence-electron chi connectivity index (χ1n) is 4.26. The fourth-order valence-corrected chi connectivity index (χ4v) is 1.61. The maximum absolute atomic E-state index is 10.7. The summed E-state index contributed by atoms with van der Waals surface area (Å²) < 4.78 is 0. The number of rotatable bonds is 3. The highest BCUT2D eigenvalue weighted by atomic mass is 32.2. The minimum absolute atomic E-state index is 0.0356. The van der Waals surface area contributed by atoms with Crippen LogP contribution in [0.5, 0.6) is 0 Å². The predicted molar refractivity (Wildman–Crippen MR) is 55.1 cm³/mol. The van der Waals surface area contributed by atoms with E-state index in [0.717, 1.165) is 0 Å². The molecule has 80 valence electrons. The van der Waals surface area contributed by atoms with E-state index in [1.54, 1.807) is 12.3 Å². The van der Waals surface area contributed by atoms with Crippen molar-refractivity contribution in [2.75, 3.05) is 0 Å². The van der Waals surface area contributed by atoms with Gasteiger partial charge in [0, 0.05) is 12.4 Å². The van der Waals surface area contributed by atoms with Gasteiger partial charge in [0.25, 0.3) is 0 Å². The third-order valence-corrected chi connectivity index (χ3v) is 2.43. The number of carbonyl (C=O) groups is 1. The summed E-state index contributed by atoms with van der Waals surface area (Å²) in [6.07, 6.45) is 4.40. The molecule has 0 aliphatic heterocycles. The number of carboxylic acids is 1. The van der Waals surface area contributed by atoms with Gasteiger partial charge in [-0.3, -0.25) is 0 Å². The van der Waals surface area contributed by atoms with Gasteiger partial charge in [0.05, 0.1) is 0 Å². The maximum Gasteiger partial charge on any atom is 0.354 e. The van der Waals surface area contributed by atoms with Crippen molar-refractivity contribution in [2.45, 2.75) is 10.2 Å². The lowest BCUT2D eigenvalue weighted by Gasteiger charge is -1.99. The fraction of sp³-hybridized carbons (Fsp3) is 0. The molecule has 0 aliphatic rings. The van der Waals surface area contributed by atoms with Gasteiger partial charge in [-0.25, -0.2) is 24.7 Å². The molecule has 0 radical (unpaired) electrons. The zero-order chi connectivity index (χ0) is 11.4. The third-order valence-electron chi connectivity index (χ3n) is 1.60. The molecule has 7 heteroatoms. The molecule has 6 nitrogen and oxygen atoms in total. The zero-order valence-corrected chi connectivity index (χ0v) is 8.76. The lowest BCUT2D eigenvalue weighted by Crippen LogP contribution is -2.01. The van der Waals surface area contributed by atoms with Gasteiger partial charge in [-0.2, -0.15) is 0 Å². The van der Waals surface area contributed by atoms with Crippen LogP contribution in [0.2, 0.25) is 0 Å². The van der Waals surface area contributed by atoms with E-state index in [1.165, 1.54) is 30.4 Å². The van der Waals surface area contributed by atoms with Crippen LogP contribution in [0, 0.1) is 0 Å². The summed E-state index contributed by atoms with van der Waals surface area (Å²) >= 11 is 1.18. The van der Waals surface area contributed by atoms with Crippen LogP contribution in [-0.2, 0) is 0 Å². The number of nitrogens with zero attached hydrogens (tertiary/aromatic N) is 4. The van der Waals surface area contributed by atoms with Crippen molar-refractivity contribution >= 4 is 17.7 Å². The minimum Gasteiger partial charge on any atom is -0.477 e. The Kier molecular flexibility index (Phi) is 3.06. The lowest BCUT2D eigenvalue weighted by molar-refractivity contribution is 0.0689. The molecule has 0 saturated heterocycles. The van der Waals surface area contributed by atoms with E-state index in [2.05, 4.69) is 19.9 Å². The topological polar surface area (TPSA) is 88.9 Å². The Morgan fingerprint density at radius 2 is 2.12 bits per heavy atom. The second-order valence-electron chi connectivity index (χ2n) is 2.68. The second kappa shape index (κ2) is 4.67. The Balaban J connectivity index is 2.22. The summed E-state index contributed by atoms with van der Waals surface area (Å²) in [7, 11) is 0. The molecule has 2 rings (SSSR count). The molecule has 2 heterocycles. The minimum atomic E-state index is -1.08. The fourth-order valence-electron chi connectivity index (χ4n) is 0.942. The van der Waals surface area contributed by atoms with Crippen LogP contribution in [0.25, 0.3) is 0 Å². The van der Waals surface area contributed by atoms with E-state index in [-0.39, 0.29) is 5.69 Å². The standard InChI is InChI=1S/C9H6N4O2S/c14-8(15)6-1-4-11-9(13-6)16-7-2-3-10-5-12-7/h1-5H,(H,14,15). The van der Waals surface area contributed by atoms with Crippen LogP contribution < -0.4 is 0 Å². The molecule has 1 N–H and O–H groups in total. The number of hydrogen-bond acceptors (Lipinski definition) is 6. The zero-order valence-electron chi connectivity index (χ0n) is 7.94. The summed E-state index contributed by atoms with van der Waals surface area (Å²) in [6.45, 7) is 0. The van der Waals surface area contributed by atoms with E-state index >= 15 is 0 Å². The molecule has 16 heavy (non-hydrogen) atoms. The van der Waals surface area contributed by atoms with Gasteiger partial charge in [-0.15, -0.1) is 0 Å². The van der Waals surface area contributed by atoms with Gasteiger partial charge in [0.15, 0.2) is 10.9 Å². The van der Waals surface area contributed by atoms with Gasteiger partial charge in [-0.1, -0.05) is 0 Å². The van der Waals surface area contributed by atoms with Gasteiger partial charge in [-0.05, 0) is 23.9 Å². The van der Waals surface area contributed by atoms with Gasteiger partial charge < -0.3 is 5.11 Å². The molecule has 0 aliphatic carbocycles. The van der Waals surface area contributed by atoms with Crippen LogP contribution in [-0.4, -0.2) is 31.0 Å². The number of hydrogen-bond donors (Lipinski definition) is 1. The summed E-state index contributed by atoms with van der Waals surface area (Å²) in [5.41, 5.74) is -0.0356. The van der Waals surface area contributed by atoms with E-state index in [1.807, 2.05) is 0 Å². The molecular weight excluding hydrogens is 228 g/mol. The van der Waals surface area contributed by atoms with E-state index in [9.17, 15) is 4.79 Å². The third kappa shape index (κ3) is 2.51. The molecule has 0 unspecified atom stereocenters. The van der Waals surface area contributed by atoms with Crippen LogP contribution in [0.15, 0.2) is 41.0 Å². The molecule has 2 aromatic heterocycles. The molecule has 0 spiro atoms. The number of aromatic carboxylic acids is 1. The number of aromatic nitrogens is 4. The van der Waals surface area contributed by atoms with Crippen molar-refractivity contribution in [3.63, 3.8) is 0 Å². The Hall–Kier alpha value is -2.02. The summed E-state index contributed by atoms with van der Waals surface area (Å²) in [5, 5.41) is 9.76. The molecule has 0 bridgehead atoms. The average Bonchev–Trinajstić information content (AvgIpc) is 2.30. The largest absolute Gasteiger partial charge is 0.477 e. The summed E-state index contributed by atoms with van der Waals surface area (Å²) in [4.78, 5) is 26.2. The van der Waals surface area contributed by atoms with E-state index in [4.69, 9.17) is 5.11 Å². The van der Waals surface area contributed by atoms with E-state index < -0.39 is 5.97 Å². The van der Waals surface area contributed by atoms with Crippen molar-refractivity contribution in [1.29, 1.82) is 0 Å². The maximum atomic E-state index is 10.7. The number of carboxylic acid groups (broad SMARTS) is 1. The van der Waals surface area contributed by atoms with Crippen LogP contribution in [0.3, 0.4) is 0 Å². The Bertz CT molecular complexity index is 506. The first-order chi connectivity index (χ1) is 7.75. The molecule has 0 fully saturated rings. The molecule has 0 aromatic carbocycles. The Morgan fingerprint density at radius 3 is 2.81 bits per heavy atom. The molecular formula is C9H6N4O2S. The SMILES string of the molecule is O=C(O)c1ccnc(Sc2ccncn2)n1. The smallest absolute Gasteiger partial charge is 0.354 e. The molecule has 0 atom stereocenters. The summed E-state index contributed by atoms with van der Waals surface area (Å²) in [5.74, 6) is -1.08. The van der Waals surface area contributed by atoms with Crippen LogP contribution in [0.4, 0.5) is 0 Å². The molecule has 2 aromatic rings. The normalized spacial score (nSPS) is 10.0. The van der Waals surface area contributed by atoms with Crippen LogP contribution in [0.1, 0.15) is 10.5 Å². The van der Waals surface area contributed by atoms with Crippen molar-refractivity contribution in [1.82, 2.24) is 19.9 Å². The highest BCUT2D eigenvalue weighted by molar-refractivity contribution is 7.99. The average molecular weight is 234 g/mol. The molecule has 0 saturated carbocycles. The second-order valence-corrected chi connectivity index (χ2v) is 3.67. The quantitative estimate of drug-likeness (QED) is 0.628. The molecule has 0 amide bonds. The van der Waals surface area contributed by atoms with Crippen molar-refractivity contribution in [3.05, 3.63) is 36.5 Å². The monoisotopic (exact) mass is 234 g/mol. The first kappa shape index (κ1) is 10.5. The predicted octanol–water partition coefficient (Wildman–Crippen LogP) is 1.12. The van der Waals surface area contributed by atoms with Crippen molar-refractivity contribution < 1.29 is 9.90 Å². The van der Waals surface area contributed by atoms with Crippen molar-refractivity contribution in [3.8, 4) is 0 Å². The van der Waals surface area contributed by atoms with Gasteiger partial charge in [0.2, 0.25) is 0 Å². The van der Waals surface area contributed by atoms with Gasteiger partial charge >= 0.3 is 5.97 Å². The van der Waals surface area contributed by atoms with Gasteiger partial charge in [0.1, 0.15) is 11.4 Å². The first-order valence-corrected chi connectivity index (χ1v) is 5.07. The highest BCUT2D eigenvalue weighted by Crippen LogP contribution is 2.20. The van der Waals surface area contributed by atoms with Crippen LogP contribution >= 0.6 is 11.8 Å². The highest BCUT2D eigenvalue weighted by Gasteiger charge is 2.07. The Labute approximate surface area is 94.8 Å². The summed E-state index contributed by atoms with van der Waals surface area (Å²) in [6, 6.07) is 3.04. The Morgan fingerprint density at radius 1 is 1.25 bits per heavy atom.